The zero-order chi connectivity index (χ0) is 18.5. The van der Waals surface area contributed by atoms with Crippen molar-refractivity contribution in [3.8, 4) is 22.6 Å². The predicted molar refractivity (Wildman–Crippen MR) is 105 cm³/mol. The largest absolute Gasteiger partial charge is 0.497 e. The Kier molecular flexibility index (Phi) is 5.58. The minimum absolute atomic E-state index is 0.0933. The van der Waals surface area contributed by atoms with Crippen molar-refractivity contribution in [3.05, 3.63) is 70.4 Å². The summed E-state index contributed by atoms with van der Waals surface area (Å²) in [6, 6.07) is 17.3. The fourth-order valence-electron chi connectivity index (χ4n) is 2.85. The normalized spacial score (nSPS) is 11.7. The van der Waals surface area contributed by atoms with E-state index in [1.165, 1.54) is 11.3 Å². The van der Waals surface area contributed by atoms with Crippen LogP contribution in [0.2, 0.25) is 0 Å². The third kappa shape index (κ3) is 3.73. The molecule has 5 heteroatoms. The zero-order valence-electron chi connectivity index (χ0n) is 15.0. The molecule has 1 heterocycles. The first kappa shape index (κ1) is 18.0. The highest BCUT2D eigenvalue weighted by Gasteiger charge is 2.19. The Morgan fingerprint density at radius 2 is 1.81 bits per heavy atom. The second kappa shape index (κ2) is 8.06. The molecule has 134 valence electrons. The number of hydrogen-bond acceptors (Lipinski definition) is 4. The second-order valence-corrected chi connectivity index (χ2v) is 6.75. The molecule has 0 saturated heterocycles. The molecule has 1 amide bonds. The number of carbonyl (C=O) groups excluding carboxylic acids is 1. The van der Waals surface area contributed by atoms with Crippen LogP contribution < -0.4 is 14.8 Å². The maximum atomic E-state index is 12.8. The van der Waals surface area contributed by atoms with E-state index in [1.54, 1.807) is 14.2 Å². The number of hydrogen-bond donors (Lipinski definition) is 1. The van der Waals surface area contributed by atoms with E-state index < -0.39 is 0 Å². The van der Waals surface area contributed by atoms with Gasteiger partial charge in [-0.25, -0.2) is 0 Å². The monoisotopic (exact) mass is 367 g/mol. The van der Waals surface area contributed by atoms with Crippen molar-refractivity contribution in [2.45, 2.75) is 13.0 Å². The number of benzene rings is 2. The summed E-state index contributed by atoms with van der Waals surface area (Å²) < 4.78 is 10.7. The lowest BCUT2D eigenvalue weighted by atomic mass is 10.0. The van der Waals surface area contributed by atoms with Crippen LogP contribution in [0.5, 0.6) is 11.5 Å². The highest BCUT2D eigenvalue weighted by atomic mass is 32.1. The molecule has 3 rings (SSSR count). The molecule has 0 fully saturated rings. The van der Waals surface area contributed by atoms with Crippen LogP contribution in [-0.2, 0) is 0 Å². The number of ether oxygens (including phenoxy) is 2. The predicted octanol–water partition coefficient (Wildman–Crippen LogP) is 4.92. The van der Waals surface area contributed by atoms with Crippen LogP contribution in [0.25, 0.3) is 11.1 Å². The standard InChI is InChI=1S/C21H21NO3S/c1-14(17-10-9-16(24-2)13-19(17)25-3)22-21(23)20-18(11-12-26-20)15-7-5-4-6-8-15/h4-14H,1-3H3,(H,22,23). The summed E-state index contributed by atoms with van der Waals surface area (Å²) in [6.07, 6.45) is 0. The summed E-state index contributed by atoms with van der Waals surface area (Å²) in [6.45, 7) is 1.94. The molecule has 4 nitrogen and oxygen atoms in total. The molecule has 1 aromatic heterocycles. The van der Waals surface area contributed by atoms with Gasteiger partial charge in [-0.3, -0.25) is 4.79 Å². The molecule has 0 saturated carbocycles. The molecule has 1 unspecified atom stereocenters. The van der Waals surface area contributed by atoms with Gasteiger partial charge < -0.3 is 14.8 Å². The van der Waals surface area contributed by atoms with Crippen LogP contribution in [-0.4, -0.2) is 20.1 Å². The summed E-state index contributed by atoms with van der Waals surface area (Å²) in [5.74, 6) is 1.31. The van der Waals surface area contributed by atoms with E-state index in [9.17, 15) is 4.79 Å². The van der Waals surface area contributed by atoms with Gasteiger partial charge >= 0.3 is 0 Å². The van der Waals surface area contributed by atoms with Gasteiger partial charge in [-0.05, 0) is 36.1 Å². The lowest BCUT2D eigenvalue weighted by molar-refractivity contribution is 0.0944. The summed E-state index contributed by atoms with van der Waals surface area (Å²) in [5.41, 5.74) is 2.88. The maximum absolute atomic E-state index is 12.8. The Morgan fingerprint density at radius 1 is 1.04 bits per heavy atom. The summed E-state index contributed by atoms with van der Waals surface area (Å²) in [4.78, 5) is 13.5. The van der Waals surface area contributed by atoms with Gasteiger partial charge in [0.1, 0.15) is 11.5 Å². The van der Waals surface area contributed by atoms with Crippen molar-refractivity contribution in [2.24, 2.45) is 0 Å². The SMILES string of the molecule is COc1ccc(C(C)NC(=O)c2sccc2-c2ccccc2)c(OC)c1. The van der Waals surface area contributed by atoms with Gasteiger partial charge in [0, 0.05) is 17.2 Å². The van der Waals surface area contributed by atoms with Gasteiger partial charge in [-0.2, -0.15) is 0 Å². The number of rotatable bonds is 6. The van der Waals surface area contributed by atoms with Crippen molar-refractivity contribution >= 4 is 17.2 Å². The topological polar surface area (TPSA) is 47.6 Å². The summed E-state index contributed by atoms with van der Waals surface area (Å²) >= 11 is 1.44. The third-order valence-corrected chi connectivity index (χ3v) is 5.12. The van der Waals surface area contributed by atoms with Crippen molar-refractivity contribution in [1.82, 2.24) is 5.32 Å². The number of thiophene rings is 1. The second-order valence-electron chi connectivity index (χ2n) is 5.83. The number of carbonyl (C=O) groups is 1. The molecule has 2 aromatic carbocycles. The maximum Gasteiger partial charge on any atom is 0.262 e. The van der Waals surface area contributed by atoms with E-state index in [0.717, 1.165) is 16.7 Å². The quantitative estimate of drug-likeness (QED) is 0.672. The Balaban J connectivity index is 1.82. The Hall–Kier alpha value is -2.79. The van der Waals surface area contributed by atoms with E-state index in [-0.39, 0.29) is 11.9 Å². The lowest BCUT2D eigenvalue weighted by Gasteiger charge is -2.18. The van der Waals surface area contributed by atoms with Gasteiger partial charge in [0.25, 0.3) is 5.91 Å². The van der Waals surface area contributed by atoms with Crippen LogP contribution in [0.1, 0.15) is 28.2 Å². The lowest BCUT2D eigenvalue weighted by Crippen LogP contribution is -2.26. The van der Waals surface area contributed by atoms with Crippen molar-refractivity contribution in [3.63, 3.8) is 0 Å². The van der Waals surface area contributed by atoms with Crippen LogP contribution in [0, 0.1) is 0 Å². The molecule has 1 atom stereocenters. The molecule has 0 aliphatic heterocycles. The number of amides is 1. The fourth-order valence-corrected chi connectivity index (χ4v) is 3.67. The first-order valence-electron chi connectivity index (χ1n) is 8.29. The molecule has 0 spiro atoms. The van der Waals surface area contributed by atoms with E-state index in [0.29, 0.717) is 16.4 Å². The minimum atomic E-state index is -0.200. The van der Waals surface area contributed by atoms with Crippen molar-refractivity contribution in [1.29, 1.82) is 0 Å². The summed E-state index contributed by atoms with van der Waals surface area (Å²) in [5, 5.41) is 5.01. The average molecular weight is 367 g/mol. The first-order valence-corrected chi connectivity index (χ1v) is 9.17. The Labute approximate surface area is 157 Å². The molecule has 26 heavy (non-hydrogen) atoms. The zero-order valence-corrected chi connectivity index (χ0v) is 15.8. The van der Waals surface area contributed by atoms with E-state index >= 15 is 0 Å². The fraction of sp³-hybridized carbons (Fsp3) is 0.190. The molecule has 0 bridgehead atoms. The first-order chi connectivity index (χ1) is 12.6. The molecule has 3 aromatic rings. The smallest absolute Gasteiger partial charge is 0.262 e. The van der Waals surface area contributed by atoms with Crippen LogP contribution in [0.15, 0.2) is 60.0 Å². The molecule has 0 aliphatic rings. The molecule has 0 aliphatic carbocycles. The highest BCUT2D eigenvalue weighted by Crippen LogP contribution is 2.31. The molecular formula is C21H21NO3S. The average Bonchev–Trinajstić information content (AvgIpc) is 3.18. The summed E-state index contributed by atoms with van der Waals surface area (Å²) in [7, 11) is 3.22. The molecular weight excluding hydrogens is 346 g/mol. The van der Waals surface area contributed by atoms with Gasteiger partial charge in [0.05, 0.1) is 25.1 Å². The van der Waals surface area contributed by atoms with Gasteiger partial charge in [0.2, 0.25) is 0 Å². The van der Waals surface area contributed by atoms with Crippen LogP contribution in [0.4, 0.5) is 0 Å². The van der Waals surface area contributed by atoms with Crippen LogP contribution >= 0.6 is 11.3 Å². The van der Waals surface area contributed by atoms with E-state index in [4.69, 9.17) is 9.47 Å². The minimum Gasteiger partial charge on any atom is -0.497 e. The van der Waals surface area contributed by atoms with Gasteiger partial charge in [0.15, 0.2) is 0 Å². The van der Waals surface area contributed by atoms with Crippen molar-refractivity contribution in [2.75, 3.05) is 14.2 Å². The van der Waals surface area contributed by atoms with Crippen LogP contribution in [0.3, 0.4) is 0 Å². The number of nitrogens with one attached hydrogen (secondary N) is 1. The highest BCUT2D eigenvalue weighted by molar-refractivity contribution is 7.12. The Morgan fingerprint density at radius 3 is 2.50 bits per heavy atom. The third-order valence-electron chi connectivity index (χ3n) is 4.21. The molecule has 0 radical (unpaired) electrons. The van der Waals surface area contributed by atoms with Gasteiger partial charge in [-0.1, -0.05) is 30.3 Å². The number of methoxy groups -OCH3 is 2. The van der Waals surface area contributed by atoms with E-state index in [2.05, 4.69) is 5.32 Å². The van der Waals surface area contributed by atoms with Crippen molar-refractivity contribution < 1.29 is 14.3 Å². The molecule has 1 N–H and O–H groups in total. The Bertz CT molecular complexity index is 889. The van der Waals surface area contributed by atoms with Gasteiger partial charge in [-0.15, -0.1) is 11.3 Å². The van der Waals surface area contributed by atoms with E-state index in [1.807, 2.05) is 66.9 Å².